The first kappa shape index (κ1) is 14.4. The highest BCUT2D eigenvalue weighted by atomic mass is 79.9. The van der Waals surface area contributed by atoms with Gasteiger partial charge in [-0.3, -0.25) is 9.59 Å². The summed E-state index contributed by atoms with van der Waals surface area (Å²) in [6.45, 7) is 0.0854. The lowest BCUT2D eigenvalue weighted by atomic mass is 10.1. The molecule has 1 saturated heterocycles. The molecule has 1 amide bonds. The van der Waals surface area contributed by atoms with Crippen molar-refractivity contribution >= 4 is 37.6 Å². The fourth-order valence-corrected chi connectivity index (χ4v) is 3.64. The van der Waals surface area contributed by atoms with Gasteiger partial charge in [-0.1, -0.05) is 15.9 Å². The molecular formula is C9H14BrNO5S. The van der Waals surface area contributed by atoms with Crippen molar-refractivity contribution in [1.29, 1.82) is 0 Å². The van der Waals surface area contributed by atoms with E-state index in [1.807, 2.05) is 0 Å². The van der Waals surface area contributed by atoms with Gasteiger partial charge in [-0.25, -0.2) is 8.42 Å². The molecule has 6 nitrogen and oxygen atoms in total. The zero-order valence-electron chi connectivity index (χ0n) is 9.31. The molecule has 1 heterocycles. The molecule has 0 aromatic rings. The van der Waals surface area contributed by atoms with Crippen molar-refractivity contribution < 1.29 is 22.7 Å². The average molecular weight is 328 g/mol. The van der Waals surface area contributed by atoms with Gasteiger partial charge in [-0.05, 0) is 6.42 Å². The van der Waals surface area contributed by atoms with Crippen LogP contribution in [0.3, 0.4) is 0 Å². The number of hydrogen-bond donors (Lipinski definition) is 1. The highest BCUT2D eigenvalue weighted by molar-refractivity contribution is 9.10. The van der Waals surface area contributed by atoms with E-state index in [4.69, 9.17) is 0 Å². The molecule has 1 fully saturated rings. The largest absolute Gasteiger partial charge is 0.468 e. The Kier molecular flexibility index (Phi) is 4.93. The number of alkyl halides is 1. The molecule has 1 rings (SSSR count). The monoisotopic (exact) mass is 327 g/mol. The predicted molar refractivity (Wildman–Crippen MR) is 64.5 cm³/mol. The Bertz CT molecular complexity index is 408. The van der Waals surface area contributed by atoms with E-state index in [-0.39, 0.29) is 24.0 Å². The predicted octanol–water partition coefficient (Wildman–Crippen LogP) is -0.526. The van der Waals surface area contributed by atoms with Crippen LogP contribution in [-0.2, 0) is 24.2 Å². The summed E-state index contributed by atoms with van der Waals surface area (Å²) in [5.74, 6) is -1.37. The number of halogens is 1. The van der Waals surface area contributed by atoms with Crippen molar-refractivity contribution in [1.82, 2.24) is 5.32 Å². The maximum absolute atomic E-state index is 11.6. The fraction of sp³-hybridized carbons (Fsp3) is 0.778. The molecule has 1 aliphatic heterocycles. The average Bonchev–Trinajstić information content (AvgIpc) is 2.64. The Labute approximate surface area is 108 Å². The van der Waals surface area contributed by atoms with Crippen molar-refractivity contribution in [2.24, 2.45) is 5.92 Å². The number of nitrogens with one attached hydrogen (secondary N) is 1. The molecule has 0 bridgehead atoms. The summed E-state index contributed by atoms with van der Waals surface area (Å²) in [7, 11) is -1.81. The highest BCUT2D eigenvalue weighted by Gasteiger charge is 2.33. The van der Waals surface area contributed by atoms with Gasteiger partial charge in [0.1, 0.15) is 4.83 Å². The van der Waals surface area contributed by atoms with E-state index in [1.165, 1.54) is 7.11 Å². The summed E-state index contributed by atoms with van der Waals surface area (Å²) in [5, 5.41) is 2.53. The zero-order chi connectivity index (χ0) is 13.1. The van der Waals surface area contributed by atoms with Gasteiger partial charge in [0.05, 0.1) is 24.5 Å². The molecule has 0 aromatic heterocycles. The van der Waals surface area contributed by atoms with Crippen LogP contribution in [0, 0.1) is 5.92 Å². The third-order valence-electron chi connectivity index (χ3n) is 2.52. The number of carbonyl (C=O) groups is 2. The van der Waals surface area contributed by atoms with E-state index >= 15 is 0 Å². The molecular weight excluding hydrogens is 314 g/mol. The minimum Gasteiger partial charge on any atom is -0.468 e. The third-order valence-corrected chi connectivity index (χ3v) is 4.98. The number of rotatable bonds is 4. The zero-order valence-corrected chi connectivity index (χ0v) is 11.7. The first-order valence-electron chi connectivity index (χ1n) is 5.06. The summed E-state index contributed by atoms with van der Waals surface area (Å²) in [4.78, 5) is 22.0. The van der Waals surface area contributed by atoms with Crippen LogP contribution in [0.15, 0.2) is 0 Å². The molecule has 17 heavy (non-hydrogen) atoms. The summed E-state index contributed by atoms with van der Waals surface area (Å²) >= 11 is 3.06. The lowest BCUT2D eigenvalue weighted by molar-refractivity contribution is -0.139. The standard InChI is InChI=1S/C9H14BrNO5S/c1-16-9(13)7(10)4-11-8(12)6-2-3-17(14,15)5-6/h6-7H,2-5H2,1H3,(H,11,12). The van der Waals surface area contributed by atoms with Crippen LogP contribution in [0.1, 0.15) is 6.42 Å². The molecule has 2 atom stereocenters. The van der Waals surface area contributed by atoms with E-state index in [1.54, 1.807) is 0 Å². The summed E-state index contributed by atoms with van der Waals surface area (Å²) < 4.78 is 26.8. The van der Waals surface area contributed by atoms with Crippen LogP contribution >= 0.6 is 15.9 Å². The van der Waals surface area contributed by atoms with Gasteiger partial charge >= 0.3 is 5.97 Å². The van der Waals surface area contributed by atoms with Gasteiger partial charge in [0.15, 0.2) is 9.84 Å². The van der Waals surface area contributed by atoms with Gasteiger partial charge in [-0.2, -0.15) is 0 Å². The van der Waals surface area contributed by atoms with Crippen molar-refractivity contribution in [3.63, 3.8) is 0 Å². The lowest BCUT2D eigenvalue weighted by Gasteiger charge is -2.11. The topological polar surface area (TPSA) is 89.5 Å². The minimum atomic E-state index is -3.06. The Morgan fingerprint density at radius 3 is 2.65 bits per heavy atom. The molecule has 0 saturated carbocycles. The molecule has 2 unspecified atom stereocenters. The van der Waals surface area contributed by atoms with E-state index < -0.39 is 26.6 Å². The van der Waals surface area contributed by atoms with Gasteiger partial charge in [0.25, 0.3) is 0 Å². The van der Waals surface area contributed by atoms with Crippen molar-refractivity contribution in [3.8, 4) is 0 Å². The number of amides is 1. The number of methoxy groups -OCH3 is 1. The highest BCUT2D eigenvalue weighted by Crippen LogP contribution is 2.18. The molecule has 0 radical (unpaired) electrons. The molecule has 98 valence electrons. The van der Waals surface area contributed by atoms with E-state index in [2.05, 4.69) is 26.0 Å². The SMILES string of the molecule is COC(=O)C(Br)CNC(=O)C1CCS(=O)(=O)C1. The van der Waals surface area contributed by atoms with Crippen LogP contribution < -0.4 is 5.32 Å². The van der Waals surface area contributed by atoms with Crippen LogP contribution in [-0.4, -0.2) is 50.3 Å². The molecule has 0 spiro atoms. The van der Waals surface area contributed by atoms with Crippen LogP contribution in [0.25, 0.3) is 0 Å². The van der Waals surface area contributed by atoms with Gasteiger partial charge in [0.2, 0.25) is 5.91 Å². The Balaban J connectivity index is 2.39. The van der Waals surface area contributed by atoms with E-state index in [9.17, 15) is 18.0 Å². The second-order valence-corrected chi connectivity index (χ2v) is 7.17. The second kappa shape index (κ2) is 5.81. The second-order valence-electron chi connectivity index (χ2n) is 3.84. The molecule has 8 heteroatoms. The quantitative estimate of drug-likeness (QED) is 0.554. The maximum atomic E-state index is 11.6. The van der Waals surface area contributed by atoms with Crippen molar-refractivity contribution in [2.75, 3.05) is 25.2 Å². The van der Waals surface area contributed by atoms with Crippen LogP contribution in [0.2, 0.25) is 0 Å². The lowest BCUT2D eigenvalue weighted by Crippen LogP contribution is -2.37. The maximum Gasteiger partial charge on any atom is 0.321 e. The summed E-state index contributed by atoms with van der Waals surface area (Å²) in [6, 6.07) is 0. The Morgan fingerprint density at radius 2 is 2.18 bits per heavy atom. The number of sulfone groups is 1. The van der Waals surface area contributed by atoms with Crippen LogP contribution in [0.5, 0.6) is 0 Å². The smallest absolute Gasteiger partial charge is 0.321 e. The number of carbonyl (C=O) groups excluding carboxylic acids is 2. The first-order chi connectivity index (χ1) is 7.85. The molecule has 0 aromatic carbocycles. The van der Waals surface area contributed by atoms with Crippen LogP contribution in [0.4, 0.5) is 0 Å². The Morgan fingerprint density at radius 1 is 1.53 bits per heavy atom. The van der Waals surface area contributed by atoms with E-state index in [0.29, 0.717) is 6.42 Å². The number of ether oxygens (including phenoxy) is 1. The van der Waals surface area contributed by atoms with Crippen molar-refractivity contribution in [3.05, 3.63) is 0 Å². The van der Waals surface area contributed by atoms with E-state index in [0.717, 1.165) is 0 Å². The minimum absolute atomic E-state index is 0.0554. The van der Waals surface area contributed by atoms with Gasteiger partial charge in [0, 0.05) is 6.54 Å². The fourth-order valence-electron chi connectivity index (χ4n) is 1.55. The number of hydrogen-bond acceptors (Lipinski definition) is 5. The normalized spacial score (nSPS) is 24.0. The van der Waals surface area contributed by atoms with Gasteiger partial charge < -0.3 is 10.1 Å². The third kappa shape index (κ3) is 4.27. The van der Waals surface area contributed by atoms with Crippen molar-refractivity contribution in [2.45, 2.75) is 11.2 Å². The van der Waals surface area contributed by atoms with Gasteiger partial charge in [-0.15, -0.1) is 0 Å². The summed E-state index contributed by atoms with van der Waals surface area (Å²) in [6.07, 6.45) is 0.347. The molecule has 1 aliphatic rings. The summed E-state index contributed by atoms with van der Waals surface area (Å²) in [5.41, 5.74) is 0. The first-order valence-corrected chi connectivity index (χ1v) is 7.79. The Hall–Kier alpha value is -0.630. The molecule has 0 aliphatic carbocycles. The number of esters is 1. The molecule has 1 N–H and O–H groups in total.